The first-order valence-corrected chi connectivity index (χ1v) is 7.78. The van der Waals surface area contributed by atoms with Crippen LogP contribution in [0, 0.1) is 12.7 Å². The second kappa shape index (κ2) is 7.73. The first-order valence-electron chi connectivity index (χ1n) is 7.78. The molecule has 0 saturated heterocycles. The van der Waals surface area contributed by atoms with E-state index in [4.69, 9.17) is 4.74 Å². The highest BCUT2D eigenvalue weighted by molar-refractivity contribution is 5.91. The van der Waals surface area contributed by atoms with Crippen molar-refractivity contribution in [1.29, 1.82) is 0 Å². The number of carbonyl (C=O) groups is 1. The van der Waals surface area contributed by atoms with Gasteiger partial charge in [-0.25, -0.2) is 9.18 Å². The molecule has 24 heavy (non-hydrogen) atoms. The first-order chi connectivity index (χ1) is 11.5. The molecular formula is C19H20FNO3. The Morgan fingerprint density at radius 3 is 2.58 bits per heavy atom. The average Bonchev–Trinajstić information content (AvgIpc) is 2.56. The number of halogens is 1. The van der Waals surface area contributed by atoms with Crippen molar-refractivity contribution in [3.63, 3.8) is 0 Å². The third-order valence-electron chi connectivity index (χ3n) is 3.68. The molecule has 0 unspecified atom stereocenters. The molecule has 4 nitrogen and oxygen atoms in total. The molecule has 1 aromatic carbocycles. The van der Waals surface area contributed by atoms with Crippen LogP contribution in [-0.4, -0.2) is 17.1 Å². The minimum absolute atomic E-state index is 0.00660. The van der Waals surface area contributed by atoms with Gasteiger partial charge in [0.05, 0.1) is 6.61 Å². The maximum Gasteiger partial charge on any atom is 0.344 e. The summed E-state index contributed by atoms with van der Waals surface area (Å²) in [6, 6.07) is 5.52. The topological polar surface area (TPSA) is 48.3 Å². The van der Waals surface area contributed by atoms with Crippen LogP contribution in [0.15, 0.2) is 47.9 Å². The molecule has 2 aromatic rings. The number of pyridine rings is 1. The van der Waals surface area contributed by atoms with E-state index >= 15 is 0 Å². The van der Waals surface area contributed by atoms with Gasteiger partial charge in [0.2, 0.25) is 0 Å². The molecule has 1 heterocycles. The number of benzene rings is 1. The number of allylic oxidation sites excluding steroid dienone is 1. The van der Waals surface area contributed by atoms with Crippen molar-refractivity contribution in [3.8, 4) is 5.69 Å². The second-order valence-corrected chi connectivity index (χ2v) is 5.43. The third kappa shape index (κ3) is 3.62. The fraction of sp³-hybridized carbons (Fsp3) is 0.263. The van der Waals surface area contributed by atoms with Gasteiger partial charge in [-0.15, -0.1) is 6.58 Å². The van der Waals surface area contributed by atoms with E-state index in [1.165, 1.54) is 28.8 Å². The summed E-state index contributed by atoms with van der Waals surface area (Å²) in [5.74, 6) is -1.03. The number of hydrogen-bond acceptors (Lipinski definition) is 3. The molecule has 0 amide bonds. The van der Waals surface area contributed by atoms with E-state index in [1.54, 1.807) is 19.2 Å². The van der Waals surface area contributed by atoms with Gasteiger partial charge in [0.25, 0.3) is 5.56 Å². The summed E-state index contributed by atoms with van der Waals surface area (Å²) in [4.78, 5) is 25.1. The largest absolute Gasteiger partial charge is 0.462 e. The molecule has 126 valence electrons. The molecule has 0 aliphatic rings. The summed E-state index contributed by atoms with van der Waals surface area (Å²) in [5.41, 5.74) is 1.38. The van der Waals surface area contributed by atoms with Gasteiger partial charge in [0.1, 0.15) is 11.4 Å². The molecule has 2 rings (SSSR count). The lowest BCUT2D eigenvalue weighted by Gasteiger charge is -2.14. The summed E-state index contributed by atoms with van der Waals surface area (Å²) in [5, 5.41) is 0. The normalized spacial score (nSPS) is 10.5. The van der Waals surface area contributed by atoms with Crippen LogP contribution in [0.25, 0.3) is 5.69 Å². The van der Waals surface area contributed by atoms with Crippen LogP contribution < -0.4 is 5.56 Å². The first kappa shape index (κ1) is 17.7. The molecule has 0 radical (unpaired) electrons. The van der Waals surface area contributed by atoms with Crippen LogP contribution in [-0.2, 0) is 11.2 Å². The highest BCUT2D eigenvalue weighted by Crippen LogP contribution is 2.16. The Kier molecular flexibility index (Phi) is 5.68. The van der Waals surface area contributed by atoms with Crippen molar-refractivity contribution in [2.24, 2.45) is 0 Å². The fourth-order valence-corrected chi connectivity index (χ4v) is 2.41. The highest BCUT2D eigenvalue weighted by Gasteiger charge is 2.20. The van der Waals surface area contributed by atoms with Crippen molar-refractivity contribution in [3.05, 3.63) is 76.0 Å². The number of nitrogens with zero attached hydrogens (tertiary/aromatic N) is 1. The quantitative estimate of drug-likeness (QED) is 0.601. The van der Waals surface area contributed by atoms with E-state index in [2.05, 4.69) is 6.58 Å². The maximum absolute atomic E-state index is 13.1. The molecule has 0 spiro atoms. The average molecular weight is 329 g/mol. The predicted molar refractivity (Wildman–Crippen MR) is 91.2 cm³/mol. The van der Waals surface area contributed by atoms with Gasteiger partial charge in [-0.05, 0) is 55.2 Å². The molecule has 0 N–H and O–H groups in total. The van der Waals surface area contributed by atoms with Crippen molar-refractivity contribution in [1.82, 2.24) is 4.57 Å². The molecular weight excluding hydrogens is 309 g/mol. The van der Waals surface area contributed by atoms with Crippen molar-refractivity contribution in [2.45, 2.75) is 26.7 Å². The van der Waals surface area contributed by atoms with Gasteiger partial charge in [-0.1, -0.05) is 13.0 Å². The summed E-state index contributed by atoms with van der Waals surface area (Å²) in [7, 11) is 0. The van der Waals surface area contributed by atoms with E-state index in [0.29, 0.717) is 24.1 Å². The Morgan fingerprint density at radius 1 is 1.33 bits per heavy atom. The van der Waals surface area contributed by atoms with Gasteiger partial charge in [-0.2, -0.15) is 0 Å². The minimum Gasteiger partial charge on any atom is -0.462 e. The monoisotopic (exact) mass is 329 g/mol. The Hall–Kier alpha value is -2.69. The summed E-state index contributed by atoms with van der Waals surface area (Å²) < 4.78 is 19.6. The Labute approximate surface area is 140 Å². The van der Waals surface area contributed by atoms with Gasteiger partial charge in [0.15, 0.2) is 0 Å². The van der Waals surface area contributed by atoms with Crippen LogP contribution in [0.3, 0.4) is 0 Å². The summed E-state index contributed by atoms with van der Waals surface area (Å²) in [6.07, 6.45) is 4.52. The molecule has 0 aliphatic heterocycles. The molecule has 0 aliphatic carbocycles. The van der Waals surface area contributed by atoms with Crippen LogP contribution in [0.5, 0.6) is 0 Å². The summed E-state index contributed by atoms with van der Waals surface area (Å²) in [6.45, 7) is 7.55. The predicted octanol–water partition coefficient (Wildman–Crippen LogP) is 3.58. The third-order valence-corrected chi connectivity index (χ3v) is 3.68. The highest BCUT2D eigenvalue weighted by atomic mass is 19.1. The fourth-order valence-electron chi connectivity index (χ4n) is 2.41. The SMILES string of the molecule is C=CCc1cn(-c2ccc(F)cc2)c(=O)c(C(=O)OCCC)c1C. The number of aromatic nitrogens is 1. The lowest BCUT2D eigenvalue weighted by Crippen LogP contribution is -2.28. The number of carbonyl (C=O) groups excluding carboxylic acids is 1. The standard InChI is InChI=1S/C19H20FNO3/c1-4-6-14-12-21(16-9-7-15(20)8-10-16)18(22)17(13(14)3)19(23)24-11-5-2/h4,7-10,12H,1,5-6,11H2,2-3H3. The molecule has 0 fully saturated rings. The van der Waals surface area contributed by atoms with E-state index < -0.39 is 17.3 Å². The zero-order valence-corrected chi connectivity index (χ0v) is 13.8. The maximum atomic E-state index is 13.1. The lowest BCUT2D eigenvalue weighted by atomic mass is 10.0. The number of esters is 1. The Bertz CT molecular complexity index is 807. The Morgan fingerprint density at radius 2 is 2.00 bits per heavy atom. The zero-order chi connectivity index (χ0) is 17.7. The van der Waals surface area contributed by atoms with Crippen molar-refractivity contribution >= 4 is 5.97 Å². The van der Waals surface area contributed by atoms with Crippen molar-refractivity contribution < 1.29 is 13.9 Å². The number of ether oxygens (including phenoxy) is 1. The van der Waals surface area contributed by atoms with E-state index in [9.17, 15) is 14.0 Å². The molecule has 0 atom stereocenters. The van der Waals surface area contributed by atoms with E-state index in [-0.39, 0.29) is 12.2 Å². The summed E-state index contributed by atoms with van der Waals surface area (Å²) >= 11 is 0. The molecule has 5 heteroatoms. The van der Waals surface area contributed by atoms with Gasteiger partial charge >= 0.3 is 5.97 Å². The van der Waals surface area contributed by atoms with Crippen molar-refractivity contribution in [2.75, 3.05) is 6.61 Å². The van der Waals surface area contributed by atoms with E-state index in [0.717, 1.165) is 5.56 Å². The number of rotatable bonds is 6. The van der Waals surface area contributed by atoms with Crippen LogP contribution >= 0.6 is 0 Å². The van der Waals surface area contributed by atoms with E-state index in [1.807, 2.05) is 6.92 Å². The second-order valence-electron chi connectivity index (χ2n) is 5.43. The van der Waals surface area contributed by atoms with Gasteiger partial charge in [-0.3, -0.25) is 9.36 Å². The van der Waals surface area contributed by atoms with Gasteiger partial charge in [0, 0.05) is 11.9 Å². The zero-order valence-electron chi connectivity index (χ0n) is 13.8. The van der Waals surface area contributed by atoms with Crippen LogP contribution in [0.1, 0.15) is 34.8 Å². The molecule has 0 saturated carbocycles. The van der Waals surface area contributed by atoms with Gasteiger partial charge < -0.3 is 4.74 Å². The Balaban J connectivity index is 2.65. The molecule has 1 aromatic heterocycles. The smallest absolute Gasteiger partial charge is 0.344 e. The molecule has 0 bridgehead atoms. The van der Waals surface area contributed by atoms with Crippen LogP contribution in [0.2, 0.25) is 0 Å². The number of hydrogen-bond donors (Lipinski definition) is 0. The lowest BCUT2D eigenvalue weighted by molar-refractivity contribution is 0.0501. The minimum atomic E-state index is -0.638. The van der Waals surface area contributed by atoms with Crippen LogP contribution in [0.4, 0.5) is 4.39 Å².